The summed E-state index contributed by atoms with van der Waals surface area (Å²) in [6.07, 6.45) is 5.60. The number of piperidine rings is 1. The maximum Gasteiger partial charge on any atom is 0.0834 e. The van der Waals surface area contributed by atoms with Crippen molar-refractivity contribution < 1.29 is 0 Å². The lowest BCUT2D eigenvalue weighted by atomic mass is 9.93. The molecule has 0 aliphatic carbocycles. The molecule has 0 saturated carbocycles. The van der Waals surface area contributed by atoms with Gasteiger partial charge in [0, 0.05) is 0 Å². The van der Waals surface area contributed by atoms with Crippen molar-refractivity contribution in [3.05, 3.63) is 42.2 Å². The third-order valence-corrected chi connectivity index (χ3v) is 3.52. The van der Waals surface area contributed by atoms with Gasteiger partial charge in [0.1, 0.15) is 0 Å². The maximum absolute atomic E-state index is 4.28. The van der Waals surface area contributed by atoms with Crippen molar-refractivity contribution in [3.8, 4) is 5.69 Å². The Morgan fingerprint density at radius 1 is 1.17 bits per heavy atom. The summed E-state index contributed by atoms with van der Waals surface area (Å²) in [7, 11) is 0. The predicted octanol–water partition coefficient (Wildman–Crippen LogP) is 1.81. The van der Waals surface area contributed by atoms with Crippen molar-refractivity contribution in [2.24, 2.45) is 5.92 Å². The maximum atomic E-state index is 4.28. The van der Waals surface area contributed by atoms with Gasteiger partial charge in [-0.2, -0.15) is 0 Å². The number of hydrogen-bond donors (Lipinski definition) is 1. The molecule has 1 aliphatic heterocycles. The predicted molar refractivity (Wildman–Crippen MR) is 70.7 cm³/mol. The van der Waals surface area contributed by atoms with Gasteiger partial charge in [-0.3, -0.25) is 0 Å². The van der Waals surface area contributed by atoms with Crippen LogP contribution in [0, 0.1) is 5.92 Å². The fourth-order valence-corrected chi connectivity index (χ4v) is 2.48. The van der Waals surface area contributed by atoms with Crippen LogP contribution in [0.5, 0.6) is 0 Å². The van der Waals surface area contributed by atoms with Crippen LogP contribution in [0.25, 0.3) is 5.69 Å². The second-order valence-electron chi connectivity index (χ2n) is 4.89. The fraction of sp³-hybridized carbons (Fsp3) is 0.429. The molecule has 2 aromatic rings. The Hall–Kier alpha value is -1.68. The average Bonchev–Trinajstić information content (AvgIpc) is 2.89. The van der Waals surface area contributed by atoms with Gasteiger partial charge in [0.2, 0.25) is 0 Å². The molecule has 18 heavy (non-hydrogen) atoms. The van der Waals surface area contributed by atoms with Gasteiger partial charge in [-0.15, -0.1) is 5.10 Å². The summed E-state index contributed by atoms with van der Waals surface area (Å²) in [6, 6.07) is 10.1. The SMILES string of the molecule is c1ccc(-n2cc(CC3CCNCC3)nn2)cc1. The number of aromatic nitrogens is 3. The molecular formula is C14H18N4. The van der Waals surface area contributed by atoms with E-state index < -0.39 is 0 Å². The van der Waals surface area contributed by atoms with E-state index in [2.05, 4.69) is 21.8 Å². The molecule has 94 valence electrons. The number of nitrogens with one attached hydrogen (secondary N) is 1. The molecule has 1 fully saturated rings. The molecule has 0 unspecified atom stereocenters. The van der Waals surface area contributed by atoms with E-state index in [9.17, 15) is 0 Å². The third-order valence-electron chi connectivity index (χ3n) is 3.52. The van der Waals surface area contributed by atoms with Gasteiger partial charge >= 0.3 is 0 Å². The first-order chi connectivity index (χ1) is 8.92. The van der Waals surface area contributed by atoms with Crippen LogP contribution in [-0.2, 0) is 6.42 Å². The van der Waals surface area contributed by atoms with Crippen LogP contribution in [0.1, 0.15) is 18.5 Å². The number of benzene rings is 1. The number of para-hydroxylation sites is 1. The Morgan fingerprint density at radius 3 is 2.72 bits per heavy atom. The van der Waals surface area contributed by atoms with E-state index in [1.165, 1.54) is 12.8 Å². The highest BCUT2D eigenvalue weighted by Gasteiger charge is 2.15. The smallest absolute Gasteiger partial charge is 0.0834 e. The quantitative estimate of drug-likeness (QED) is 0.892. The van der Waals surface area contributed by atoms with Crippen molar-refractivity contribution in [1.82, 2.24) is 20.3 Å². The van der Waals surface area contributed by atoms with Gasteiger partial charge in [0.25, 0.3) is 0 Å². The molecular weight excluding hydrogens is 224 g/mol. The third kappa shape index (κ3) is 2.59. The highest BCUT2D eigenvalue weighted by atomic mass is 15.4. The first-order valence-corrected chi connectivity index (χ1v) is 6.59. The topological polar surface area (TPSA) is 42.7 Å². The van der Waals surface area contributed by atoms with Gasteiger partial charge < -0.3 is 5.32 Å². The second-order valence-corrected chi connectivity index (χ2v) is 4.89. The largest absolute Gasteiger partial charge is 0.317 e. The number of nitrogens with zero attached hydrogens (tertiary/aromatic N) is 3. The van der Waals surface area contributed by atoms with Crippen LogP contribution >= 0.6 is 0 Å². The van der Waals surface area contributed by atoms with Crippen LogP contribution < -0.4 is 5.32 Å². The summed E-state index contributed by atoms with van der Waals surface area (Å²) in [6.45, 7) is 2.27. The minimum atomic E-state index is 0.757. The Morgan fingerprint density at radius 2 is 1.94 bits per heavy atom. The van der Waals surface area contributed by atoms with Crippen LogP contribution in [0.4, 0.5) is 0 Å². The zero-order valence-electron chi connectivity index (χ0n) is 10.4. The van der Waals surface area contributed by atoms with Crippen molar-refractivity contribution in [1.29, 1.82) is 0 Å². The molecule has 1 N–H and O–H groups in total. The molecule has 2 heterocycles. The van der Waals surface area contributed by atoms with Crippen LogP contribution in [0.15, 0.2) is 36.5 Å². The summed E-state index contributed by atoms with van der Waals surface area (Å²) in [5.74, 6) is 0.757. The van der Waals surface area contributed by atoms with E-state index in [0.717, 1.165) is 36.8 Å². The van der Waals surface area contributed by atoms with Crippen molar-refractivity contribution in [2.75, 3.05) is 13.1 Å². The van der Waals surface area contributed by atoms with Gasteiger partial charge in [0.15, 0.2) is 0 Å². The lowest BCUT2D eigenvalue weighted by Gasteiger charge is -2.21. The molecule has 0 amide bonds. The van der Waals surface area contributed by atoms with Gasteiger partial charge in [0.05, 0.1) is 17.6 Å². The number of rotatable bonds is 3. The molecule has 4 nitrogen and oxygen atoms in total. The summed E-state index contributed by atoms with van der Waals surface area (Å²) in [4.78, 5) is 0. The average molecular weight is 242 g/mol. The van der Waals surface area contributed by atoms with E-state index in [-0.39, 0.29) is 0 Å². The Kier molecular flexibility index (Phi) is 3.37. The van der Waals surface area contributed by atoms with Crippen molar-refractivity contribution in [3.63, 3.8) is 0 Å². The standard InChI is InChI=1S/C14H18N4/c1-2-4-14(5-3-1)18-11-13(16-17-18)10-12-6-8-15-9-7-12/h1-5,11-12,15H,6-10H2. The summed E-state index contributed by atoms with van der Waals surface area (Å²) in [5, 5.41) is 11.9. The molecule has 1 aliphatic rings. The highest BCUT2D eigenvalue weighted by Crippen LogP contribution is 2.17. The van der Waals surface area contributed by atoms with Gasteiger partial charge in [-0.05, 0) is 50.4 Å². The van der Waals surface area contributed by atoms with E-state index in [4.69, 9.17) is 0 Å². The fourth-order valence-electron chi connectivity index (χ4n) is 2.48. The first-order valence-electron chi connectivity index (χ1n) is 6.59. The first kappa shape index (κ1) is 11.4. The Balaban J connectivity index is 1.69. The molecule has 0 radical (unpaired) electrons. The Bertz CT molecular complexity index is 486. The van der Waals surface area contributed by atoms with Crippen LogP contribution in [0.2, 0.25) is 0 Å². The van der Waals surface area contributed by atoms with E-state index in [0.29, 0.717) is 0 Å². The summed E-state index contributed by atoms with van der Waals surface area (Å²) >= 11 is 0. The molecule has 4 heteroatoms. The van der Waals surface area contributed by atoms with E-state index in [1.807, 2.05) is 35.0 Å². The van der Waals surface area contributed by atoms with E-state index in [1.54, 1.807) is 0 Å². The minimum Gasteiger partial charge on any atom is -0.317 e. The van der Waals surface area contributed by atoms with Crippen molar-refractivity contribution in [2.45, 2.75) is 19.3 Å². The normalized spacial score (nSPS) is 16.9. The number of hydrogen-bond acceptors (Lipinski definition) is 3. The summed E-state index contributed by atoms with van der Waals surface area (Å²) in [5.41, 5.74) is 2.17. The van der Waals surface area contributed by atoms with Crippen LogP contribution in [-0.4, -0.2) is 28.1 Å². The van der Waals surface area contributed by atoms with E-state index >= 15 is 0 Å². The van der Waals surface area contributed by atoms with Crippen LogP contribution in [0.3, 0.4) is 0 Å². The minimum absolute atomic E-state index is 0.757. The molecule has 0 atom stereocenters. The highest BCUT2D eigenvalue weighted by molar-refractivity contribution is 5.29. The lowest BCUT2D eigenvalue weighted by molar-refractivity contribution is 0.370. The monoisotopic (exact) mass is 242 g/mol. The zero-order valence-corrected chi connectivity index (χ0v) is 10.4. The molecule has 1 aromatic carbocycles. The van der Waals surface area contributed by atoms with Gasteiger partial charge in [-0.1, -0.05) is 23.4 Å². The molecule has 0 bridgehead atoms. The second kappa shape index (κ2) is 5.31. The van der Waals surface area contributed by atoms with Crippen molar-refractivity contribution >= 4 is 0 Å². The lowest BCUT2D eigenvalue weighted by Crippen LogP contribution is -2.28. The molecule has 1 saturated heterocycles. The Labute approximate surface area is 107 Å². The summed E-state index contributed by atoms with van der Waals surface area (Å²) < 4.78 is 1.86. The zero-order chi connectivity index (χ0) is 12.2. The molecule has 3 rings (SSSR count). The van der Waals surface area contributed by atoms with Gasteiger partial charge in [-0.25, -0.2) is 4.68 Å². The molecule has 0 spiro atoms. The molecule has 1 aromatic heterocycles.